The minimum atomic E-state index is -0.407. The summed E-state index contributed by atoms with van der Waals surface area (Å²) in [4.78, 5) is 23.2. The maximum atomic E-state index is 12.5. The zero-order valence-electron chi connectivity index (χ0n) is 16.4. The van der Waals surface area contributed by atoms with Gasteiger partial charge in [0.15, 0.2) is 0 Å². The normalized spacial score (nSPS) is 10.1. The summed E-state index contributed by atoms with van der Waals surface area (Å²) >= 11 is 0. The lowest BCUT2D eigenvalue weighted by atomic mass is 10.2. The predicted molar refractivity (Wildman–Crippen MR) is 114 cm³/mol. The fraction of sp³-hybridized carbons (Fsp3) is 0.182. The van der Waals surface area contributed by atoms with Crippen LogP contribution in [0.3, 0.4) is 0 Å². The molecule has 0 bridgehead atoms. The fourth-order valence-electron chi connectivity index (χ4n) is 2.89. The number of aromatic nitrogens is 2. The van der Waals surface area contributed by atoms with Gasteiger partial charge in [-0.3, -0.25) is 4.79 Å². The van der Waals surface area contributed by atoms with E-state index in [9.17, 15) is 4.79 Å². The maximum Gasteiger partial charge on any atom is 0.274 e. The molecule has 1 amide bonds. The van der Waals surface area contributed by atoms with Crippen molar-refractivity contribution in [3.8, 4) is 6.07 Å². The molecule has 0 saturated carbocycles. The van der Waals surface area contributed by atoms with E-state index in [1.54, 1.807) is 24.3 Å². The van der Waals surface area contributed by atoms with Crippen molar-refractivity contribution in [3.63, 3.8) is 0 Å². The molecule has 2 N–H and O–H groups in total. The number of nitriles is 1. The highest BCUT2D eigenvalue weighted by molar-refractivity contribution is 6.03. The van der Waals surface area contributed by atoms with Gasteiger partial charge in [0.2, 0.25) is 5.95 Å². The number of hydrogen-bond acceptors (Lipinski definition) is 6. The van der Waals surface area contributed by atoms with E-state index in [2.05, 4.69) is 45.4 Å². The molecule has 0 fully saturated rings. The first kappa shape index (κ1) is 19.8. The van der Waals surface area contributed by atoms with Gasteiger partial charge in [-0.2, -0.15) is 5.26 Å². The molecule has 146 valence electrons. The van der Waals surface area contributed by atoms with E-state index in [-0.39, 0.29) is 5.69 Å². The summed E-state index contributed by atoms with van der Waals surface area (Å²) in [7, 11) is 0. The third-order valence-electron chi connectivity index (χ3n) is 4.44. The SMILES string of the molecule is CCN(CC)c1ccc(Nc2nccc(C(=O)Nc3ccccc3C#N)n2)cc1. The van der Waals surface area contributed by atoms with Crippen molar-refractivity contribution in [2.75, 3.05) is 28.6 Å². The number of anilines is 4. The third-order valence-corrected chi connectivity index (χ3v) is 4.44. The van der Waals surface area contributed by atoms with Crippen molar-refractivity contribution in [1.82, 2.24) is 9.97 Å². The van der Waals surface area contributed by atoms with Gasteiger partial charge in [0, 0.05) is 30.7 Å². The topological polar surface area (TPSA) is 93.9 Å². The Morgan fingerprint density at radius 2 is 1.79 bits per heavy atom. The molecule has 29 heavy (non-hydrogen) atoms. The summed E-state index contributed by atoms with van der Waals surface area (Å²) in [5, 5.41) is 15.0. The minimum Gasteiger partial charge on any atom is -0.372 e. The molecule has 0 aliphatic heterocycles. The summed E-state index contributed by atoms with van der Waals surface area (Å²) in [6, 6.07) is 18.4. The summed E-state index contributed by atoms with van der Waals surface area (Å²) in [5.41, 5.74) is 3.01. The number of nitrogens with one attached hydrogen (secondary N) is 2. The number of carbonyl (C=O) groups is 1. The van der Waals surface area contributed by atoms with Crippen molar-refractivity contribution < 1.29 is 4.79 Å². The van der Waals surface area contributed by atoms with E-state index in [1.807, 2.05) is 24.3 Å². The summed E-state index contributed by atoms with van der Waals surface area (Å²) in [6.45, 7) is 6.13. The lowest BCUT2D eigenvalue weighted by Crippen LogP contribution is -2.21. The molecule has 0 spiro atoms. The number of rotatable bonds is 7. The molecule has 7 nitrogen and oxygen atoms in total. The first-order valence-corrected chi connectivity index (χ1v) is 9.40. The first-order valence-electron chi connectivity index (χ1n) is 9.40. The lowest BCUT2D eigenvalue weighted by molar-refractivity contribution is 0.102. The van der Waals surface area contributed by atoms with Crippen LogP contribution in [-0.4, -0.2) is 29.0 Å². The van der Waals surface area contributed by atoms with Gasteiger partial charge in [0.25, 0.3) is 5.91 Å². The second kappa shape index (κ2) is 9.33. The standard InChI is InChI=1S/C22H22N6O/c1-3-28(4-2)18-11-9-17(10-12-18)25-22-24-14-13-20(27-22)21(29)26-19-8-6-5-7-16(19)15-23/h5-14H,3-4H2,1-2H3,(H,26,29)(H,24,25,27). The van der Waals surface area contributed by atoms with Crippen LogP contribution in [0.2, 0.25) is 0 Å². The van der Waals surface area contributed by atoms with Crippen LogP contribution in [0.15, 0.2) is 60.8 Å². The van der Waals surface area contributed by atoms with Crippen LogP contribution in [0.1, 0.15) is 29.9 Å². The Morgan fingerprint density at radius 1 is 1.07 bits per heavy atom. The van der Waals surface area contributed by atoms with Crippen LogP contribution in [0.4, 0.5) is 23.0 Å². The van der Waals surface area contributed by atoms with Crippen LogP contribution in [0.25, 0.3) is 0 Å². The average molecular weight is 386 g/mol. The Hall–Kier alpha value is -3.92. The summed E-state index contributed by atoms with van der Waals surface area (Å²) < 4.78 is 0. The third kappa shape index (κ3) is 4.87. The highest BCUT2D eigenvalue weighted by Gasteiger charge is 2.11. The van der Waals surface area contributed by atoms with Crippen LogP contribution in [-0.2, 0) is 0 Å². The van der Waals surface area contributed by atoms with E-state index < -0.39 is 5.91 Å². The highest BCUT2D eigenvalue weighted by atomic mass is 16.1. The van der Waals surface area contributed by atoms with Crippen molar-refractivity contribution in [1.29, 1.82) is 5.26 Å². The number of hydrogen-bond donors (Lipinski definition) is 2. The van der Waals surface area contributed by atoms with Crippen molar-refractivity contribution in [3.05, 3.63) is 72.1 Å². The monoisotopic (exact) mass is 386 g/mol. The van der Waals surface area contributed by atoms with Gasteiger partial charge in [0.1, 0.15) is 11.8 Å². The summed E-state index contributed by atoms with van der Waals surface area (Å²) in [5.74, 6) is -0.0863. The smallest absolute Gasteiger partial charge is 0.274 e. The molecule has 0 aliphatic carbocycles. The van der Waals surface area contributed by atoms with E-state index in [0.717, 1.165) is 24.5 Å². The Morgan fingerprint density at radius 3 is 2.48 bits per heavy atom. The molecular weight excluding hydrogens is 364 g/mol. The molecule has 2 aromatic carbocycles. The molecular formula is C22H22N6O. The maximum absolute atomic E-state index is 12.5. The molecule has 7 heteroatoms. The van der Waals surface area contributed by atoms with Gasteiger partial charge in [-0.1, -0.05) is 12.1 Å². The fourth-order valence-corrected chi connectivity index (χ4v) is 2.89. The van der Waals surface area contributed by atoms with Gasteiger partial charge in [-0.05, 0) is 56.3 Å². The second-order valence-electron chi connectivity index (χ2n) is 6.22. The average Bonchev–Trinajstić information content (AvgIpc) is 2.76. The van der Waals surface area contributed by atoms with Gasteiger partial charge < -0.3 is 15.5 Å². The summed E-state index contributed by atoms with van der Waals surface area (Å²) in [6.07, 6.45) is 1.52. The van der Waals surface area contributed by atoms with Crippen molar-refractivity contribution in [2.45, 2.75) is 13.8 Å². The number of carbonyl (C=O) groups excluding carboxylic acids is 1. The second-order valence-corrected chi connectivity index (χ2v) is 6.22. The number of para-hydroxylation sites is 1. The predicted octanol–water partition coefficient (Wildman–Crippen LogP) is 4.19. The number of amides is 1. The van der Waals surface area contributed by atoms with Crippen molar-refractivity contribution in [2.24, 2.45) is 0 Å². The van der Waals surface area contributed by atoms with Gasteiger partial charge in [-0.15, -0.1) is 0 Å². The Balaban J connectivity index is 1.72. The van der Waals surface area contributed by atoms with Crippen LogP contribution < -0.4 is 15.5 Å². The molecule has 3 rings (SSSR count). The molecule has 3 aromatic rings. The van der Waals surface area contributed by atoms with Gasteiger partial charge in [-0.25, -0.2) is 9.97 Å². The molecule has 0 aliphatic rings. The lowest BCUT2D eigenvalue weighted by Gasteiger charge is -2.21. The number of nitrogens with zero attached hydrogens (tertiary/aromatic N) is 4. The molecule has 1 aromatic heterocycles. The van der Waals surface area contributed by atoms with Gasteiger partial charge >= 0.3 is 0 Å². The highest BCUT2D eigenvalue weighted by Crippen LogP contribution is 2.20. The zero-order valence-corrected chi connectivity index (χ0v) is 16.4. The van der Waals surface area contributed by atoms with Crippen LogP contribution >= 0.6 is 0 Å². The molecule has 0 unspecified atom stereocenters. The van der Waals surface area contributed by atoms with Gasteiger partial charge in [0.05, 0.1) is 11.3 Å². The molecule has 0 radical (unpaired) electrons. The first-order chi connectivity index (χ1) is 14.1. The quantitative estimate of drug-likeness (QED) is 0.632. The minimum absolute atomic E-state index is 0.204. The van der Waals surface area contributed by atoms with Crippen molar-refractivity contribution >= 4 is 28.9 Å². The zero-order chi connectivity index (χ0) is 20.6. The van der Waals surface area contributed by atoms with E-state index in [0.29, 0.717) is 17.2 Å². The molecule has 0 saturated heterocycles. The van der Waals surface area contributed by atoms with Crippen LogP contribution in [0.5, 0.6) is 0 Å². The molecule has 1 heterocycles. The Kier molecular flexibility index (Phi) is 6.38. The van der Waals surface area contributed by atoms with E-state index in [4.69, 9.17) is 5.26 Å². The van der Waals surface area contributed by atoms with Crippen LogP contribution in [0, 0.1) is 11.3 Å². The number of benzene rings is 2. The Labute approximate surface area is 170 Å². The van der Waals surface area contributed by atoms with E-state index in [1.165, 1.54) is 12.3 Å². The molecule has 0 atom stereocenters. The largest absolute Gasteiger partial charge is 0.372 e. The van der Waals surface area contributed by atoms with E-state index >= 15 is 0 Å². The Bertz CT molecular complexity index is 1020.